The maximum Gasteiger partial charge on any atom is 0.263 e. The van der Waals surface area contributed by atoms with Crippen LogP contribution in [0.3, 0.4) is 0 Å². The maximum absolute atomic E-state index is 13.8. The van der Waals surface area contributed by atoms with Crippen LogP contribution in [-0.2, 0) is 0 Å². The highest BCUT2D eigenvalue weighted by molar-refractivity contribution is 6.03. The number of fused-ring (bicyclic) bond motifs is 3. The van der Waals surface area contributed by atoms with Crippen LogP contribution in [0.2, 0.25) is 0 Å². The summed E-state index contributed by atoms with van der Waals surface area (Å²) in [6.07, 6.45) is 7.82. The van der Waals surface area contributed by atoms with Crippen molar-refractivity contribution in [2.75, 3.05) is 20.6 Å². The first-order valence-corrected chi connectivity index (χ1v) is 15.5. The van der Waals surface area contributed by atoms with Crippen LogP contribution in [0.1, 0.15) is 72.0 Å². The van der Waals surface area contributed by atoms with Crippen LogP contribution >= 0.6 is 0 Å². The molecule has 1 saturated carbocycles. The lowest BCUT2D eigenvalue weighted by Crippen LogP contribution is -2.34. The molecule has 46 heavy (non-hydrogen) atoms. The number of nitrogens with zero attached hydrogens (tertiary/aromatic N) is 5. The predicted octanol–water partition coefficient (Wildman–Crippen LogP) is 5.77. The number of benzene rings is 2. The average molecular weight is 623 g/mol. The van der Waals surface area contributed by atoms with Crippen molar-refractivity contribution in [2.45, 2.75) is 57.7 Å². The summed E-state index contributed by atoms with van der Waals surface area (Å²) in [6, 6.07) is 12.7. The van der Waals surface area contributed by atoms with Crippen molar-refractivity contribution in [1.29, 1.82) is 0 Å². The molecule has 1 fully saturated rings. The first-order chi connectivity index (χ1) is 22.1. The zero-order valence-corrected chi connectivity index (χ0v) is 26.3. The second-order valence-electron chi connectivity index (χ2n) is 12.1. The molecule has 8 nitrogen and oxygen atoms in total. The van der Waals surface area contributed by atoms with E-state index < -0.39 is 29.1 Å². The zero-order chi connectivity index (χ0) is 32.5. The van der Waals surface area contributed by atoms with E-state index in [0.717, 1.165) is 71.1 Å². The van der Waals surface area contributed by atoms with Crippen molar-refractivity contribution < 1.29 is 13.6 Å². The van der Waals surface area contributed by atoms with Crippen molar-refractivity contribution >= 4 is 27.8 Å². The minimum atomic E-state index is -1.000. The van der Waals surface area contributed by atoms with E-state index >= 15 is 0 Å². The number of imidazole rings is 1. The number of aryl methyl sites for hydroxylation is 1. The van der Waals surface area contributed by atoms with E-state index in [2.05, 4.69) is 52.6 Å². The summed E-state index contributed by atoms with van der Waals surface area (Å²) in [5, 5.41) is 3.69. The second-order valence-corrected chi connectivity index (χ2v) is 12.1. The molecule has 0 radical (unpaired) electrons. The first kappa shape index (κ1) is 31.1. The molecule has 5 aromatic rings. The fourth-order valence-electron chi connectivity index (χ4n) is 6.54. The standard InChI is InChI=1S/C36H36F2N6O2/c1-22(25-10-15-30(37)31(38)20-25)43-18-6-8-28(36(43)46)35(45)39-17-5-7-24-9-16-32-29(19-24)34-33(21-40-32)41-23(2)44(34)27-13-11-26(12-14-27)42(3)4/h6,8-10,15-16,18-22,26-27H,11-14,17H2,1-4H3,(H,39,45)/t22-,26?,27?/m1/s1. The molecule has 1 aliphatic carbocycles. The van der Waals surface area contributed by atoms with Gasteiger partial charge in [0, 0.05) is 29.2 Å². The van der Waals surface area contributed by atoms with Gasteiger partial charge in [0.05, 0.1) is 29.8 Å². The third-order valence-electron chi connectivity index (χ3n) is 9.09. The second kappa shape index (κ2) is 12.9. The fraction of sp³-hybridized carbons (Fsp3) is 0.333. The number of halogens is 2. The number of aromatic nitrogens is 4. The molecule has 2 aromatic carbocycles. The highest BCUT2D eigenvalue weighted by Crippen LogP contribution is 2.36. The Balaban J connectivity index is 1.20. The highest BCUT2D eigenvalue weighted by Gasteiger charge is 2.26. The van der Waals surface area contributed by atoms with E-state index in [0.29, 0.717) is 17.6 Å². The Bertz CT molecular complexity index is 2060. The molecule has 10 heteroatoms. The van der Waals surface area contributed by atoms with Crippen molar-refractivity contribution in [3.05, 3.63) is 105 Å². The Morgan fingerprint density at radius 2 is 1.85 bits per heavy atom. The lowest BCUT2D eigenvalue weighted by molar-refractivity contribution is 0.0956. The summed E-state index contributed by atoms with van der Waals surface area (Å²) in [4.78, 5) is 37.9. The number of nitrogens with one attached hydrogen (secondary N) is 1. The van der Waals surface area contributed by atoms with E-state index in [-0.39, 0.29) is 12.1 Å². The molecule has 3 aromatic heterocycles. The molecule has 3 heterocycles. The van der Waals surface area contributed by atoms with Crippen LogP contribution in [0.5, 0.6) is 0 Å². The zero-order valence-electron chi connectivity index (χ0n) is 26.3. The van der Waals surface area contributed by atoms with Crippen LogP contribution in [0.4, 0.5) is 8.78 Å². The SMILES string of the molecule is Cc1nc2cnc3ccc(C#CCNC(=O)c4cccn([C@H](C)c5ccc(F)c(F)c5)c4=O)cc3c2n1C1CCC(N(C)C)CC1. The summed E-state index contributed by atoms with van der Waals surface area (Å²) in [6.45, 7) is 3.76. The molecule has 1 amide bonds. The Kier molecular flexibility index (Phi) is 8.69. The number of carbonyl (C=O) groups is 1. The lowest BCUT2D eigenvalue weighted by atomic mass is 9.90. The van der Waals surface area contributed by atoms with Gasteiger partial charge in [-0.25, -0.2) is 13.8 Å². The first-order valence-electron chi connectivity index (χ1n) is 15.5. The Morgan fingerprint density at radius 1 is 1.07 bits per heavy atom. The highest BCUT2D eigenvalue weighted by atomic mass is 19.2. The van der Waals surface area contributed by atoms with Crippen molar-refractivity contribution in [2.24, 2.45) is 0 Å². The van der Waals surface area contributed by atoms with Gasteiger partial charge in [-0.1, -0.05) is 17.9 Å². The van der Waals surface area contributed by atoms with E-state index in [1.54, 1.807) is 13.0 Å². The Morgan fingerprint density at radius 3 is 2.59 bits per heavy atom. The molecular formula is C36H36F2N6O2. The van der Waals surface area contributed by atoms with Gasteiger partial charge >= 0.3 is 0 Å². The largest absolute Gasteiger partial charge is 0.341 e. The smallest absolute Gasteiger partial charge is 0.263 e. The number of rotatable bonds is 6. The van der Waals surface area contributed by atoms with Gasteiger partial charge < -0.3 is 19.4 Å². The van der Waals surface area contributed by atoms with E-state index in [9.17, 15) is 18.4 Å². The monoisotopic (exact) mass is 622 g/mol. The third kappa shape index (κ3) is 6.03. The molecular weight excluding hydrogens is 586 g/mol. The molecule has 0 unspecified atom stereocenters. The number of hydrogen-bond acceptors (Lipinski definition) is 5. The summed E-state index contributed by atoms with van der Waals surface area (Å²) in [5.41, 5.74) is 3.38. The van der Waals surface area contributed by atoms with Crippen molar-refractivity contribution in [3.63, 3.8) is 0 Å². The Hall–Kier alpha value is -4.88. The number of hydrogen-bond donors (Lipinski definition) is 1. The van der Waals surface area contributed by atoms with Crippen LogP contribution in [-0.4, -0.2) is 56.6 Å². The average Bonchev–Trinajstić information content (AvgIpc) is 3.40. The van der Waals surface area contributed by atoms with Gasteiger partial charge in [0.25, 0.3) is 11.5 Å². The van der Waals surface area contributed by atoms with Gasteiger partial charge in [0.1, 0.15) is 16.9 Å². The number of amides is 1. The molecule has 236 valence electrons. The number of carbonyl (C=O) groups excluding carboxylic acids is 1. The van der Waals surface area contributed by atoms with Gasteiger partial charge in [-0.15, -0.1) is 0 Å². The molecule has 0 saturated heterocycles. The molecule has 1 atom stereocenters. The third-order valence-corrected chi connectivity index (χ3v) is 9.09. The van der Waals surface area contributed by atoms with Crippen LogP contribution in [0.15, 0.2) is 65.7 Å². The van der Waals surface area contributed by atoms with Gasteiger partial charge in [0.15, 0.2) is 11.6 Å². The van der Waals surface area contributed by atoms with Crippen LogP contribution in [0.25, 0.3) is 21.9 Å². The molecule has 1 aliphatic rings. The van der Waals surface area contributed by atoms with E-state index in [1.165, 1.54) is 22.9 Å². The summed E-state index contributed by atoms with van der Waals surface area (Å²) in [7, 11) is 4.30. The predicted molar refractivity (Wildman–Crippen MR) is 175 cm³/mol. The van der Waals surface area contributed by atoms with Crippen molar-refractivity contribution in [3.8, 4) is 11.8 Å². The topological polar surface area (TPSA) is 85.0 Å². The van der Waals surface area contributed by atoms with Gasteiger partial charge in [-0.3, -0.25) is 14.6 Å². The van der Waals surface area contributed by atoms with Gasteiger partial charge in [-0.05, 0) is 102 Å². The maximum atomic E-state index is 13.8. The summed E-state index contributed by atoms with van der Waals surface area (Å²) >= 11 is 0. The summed E-state index contributed by atoms with van der Waals surface area (Å²) in [5.74, 6) is 4.57. The van der Waals surface area contributed by atoms with Gasteiger partial charge in [-0.2, -0.15) is 0 Å². The minimum Gasteiger partial charge on any atom is -0.341 e. The van der Waals surface area contributed by atoms with Gasteiger partial charge in [0.2, 0.25) is 0 Å². The molecule has 1 N–H and O–H groups in total. The summed E-state index contributed by atoms with van der Waals surface area (Å²) < 4.78 is 30.9. The van der Waals surface area contributed by atoms with E-state index in [1.807, 2.05) is 24.4 Å². The minimum absolute atomic E-state index is 0.0263. The fourth-order valence-corrected chi connectivity index (χ4v) is 6.54. The molecule has 0 aliphatic heterocycles. The normalized spacial score (nSPS) is 17.2. The Labute approximate surface area is 266 Å². The molecule has 0 bridgehead atoms. The van der Waals surface area contributed by atoms with Crippen LogP contribution in [0, 0.1) is 30.4 Å². The van der Waals surface area contributed by atoms with Crippen LogP contribution < -0.4 is 10.9 Å². The lowest BCUT2D eigenvalue weighted by Gasteiger charge is -2.34. The number of pyridine rings is 2. The van der Waals surface area contributed by atoms with Crippen molar-refractivity contribution in [1.82, 2.24) is 29.3 Å². The molecule has 6 rings (SSSR count). The van der Waals surface area contributed by atoms with E-state index in [4.69, 9.17) is 4.98 Å². The molecule has 0 spiro atoms. The quantitative estimate of drug-likeness (QED) is 0.243.